The molecule has 0 amide bonds. The SMILES string of the molecule is CC1=CC=c2c1c1c(c3c2=C(C)[CH-]C3(C)C)CC2=C1CC(C)(C)C=C2.[Cl-].[Cl-].[Hf+2]=[Si](c1ccccc1)c1ccccc1.c1cc[cH-]c1. The molecule has 0 fully saturated rings. The van der Waals surface area contributed by atoms with Crippen molar-refractivity contribution in [1.29, 1.82) is 0 Å². The molecule has 0 heterocycles. The Balaban J connectivity index is 0.000000193. The van der Waals surface area contributed by atoms with Crippen LogP contribution in [0.4, 0.5) is 0 Å². The summed E-state index contributed by atoms with van der Waals surface area (Å²) in [6, 6.07) is 31.8. The molecule has 0 saturated heterocycles. The first-order valence-electron chi connectivity index (χ1n) is 15.8. The van der Waals surface area contributed by atoms with Gasteiger partial charge in [0, 0.05) is 0 Å². The summed E-state index contributed by atoms with van der Waals surface area (Å²) in [6.45, 7) is 14.1. The van der Waals surface area contributed by atoms with Gasteiger partial charge in [-0.1, -0.05) is 75.1 Å². The van der Waals surface area contributed by atoms with Gasteiger partial charge < -0.3 is 24.8 Å². The van der Waals surface area contributed by atoms with Gasteiger partial charge in [-0.15, -0.1) is 5.56 Å². The second-order valence-electron chi connectivity index (χ2n) is 13.7. The topological polar surface area (TPSA) is 0 Å². The molecule has 4 aromatic carbocycles. The summed E-state index contributed by atoms with van der Waals surface area (Å²) in [5.41, 5.74) is 12.4. The molecule has 4 aromatic rings. The Labute approximate surface area is 303 Å². The van der Waals surface area contributed by atoms with E-state index in [4.69, 9.17) is 0 Å². The molecule has 8 rings (SSSR count). The van der Waals surface area contributed by atoms with Gasteiger partial charge in [-0.05, 0) is 53.0 Å². The molecule has 46 heavy (non-hydrogen) atoms. The monoisotopic (exact) mass is 824 g/mol. The molecule has 4 heteroatoms. The van der Waals surface area contributed by atoms with Crippen LogP contribution in [0.5, 0.6) is 0 Å². The zero-order valence-electron chi connectivity index (χ0n) is 27.7. The van der Waals surface area contributed by atoms with Crippen LogP contribution in [0.2, 0.25) is 0 Å². The Kier molecular flexibility index (Phi) is 11.6. The van der Waals surface area contributed by atoms with Crippen molar-refractivity contribution in [3.8, 4) is 0 Å². The van der Waals surface area contributed by atoms with Crippen molar-refractivity contribution in [3.63, 3.8) is 0 Å². The Hall–Kier alpha value is -2.49. The van der Waals surface area contributed by atoms with Crippen molar-refractivity contribution < 1.29 is 47.8 Å². The standard InChI is InChI=1S/C25H27.C12H10Si.C5H5.2ClH.Hf/c1-14-7-8-17-20(14)22-18(23-21(17)15(2)12-25(23,5)6)11-16-9-10-24(3,4)13-19(16)22;1-3-7-11(8-4-1)13-12-9-5-2-6-10-12;1-2-4-5-3-1;;;/h7-10,12H,11,13H2,1-6H3;1-10H;1-5H;2*1H;/q-1;;-1;;;+2/p-2. The smallest absolute Gasteiger partial charge is 0.172 e. The molecular weight excluding hydrogens is 782 g/mol. The van der Waals surface area contributed by atoms with E-state index < -0.39 is 5.49 Å². The van der Waals surface area contributed by atoms with E-state index in [1.807, 2.05) is 30.3 Å². The van der Waals surface area contributed by atoms with E-state index in [1.165, 1.54) is 60.5 Å². The van der Waals surface area contributed by atoms with Crippen molar-refractivity contribution in [2.45, 2.75) is 59.8 Å². The number of allylic oxidation sites excluding steroid dienone is 6. The summed E-state index contributed by atoms with van der Waals surface area (Å²) in [5, 5.41) is 6.08. The zero-order chi connectivity index (χ0) is 31.1. The van der Waals surface area contributed by atoms with Crippen LogP contribution in [-0.4, -0.2) is 5.49 Å². The maximum absolute atomic E-state index is 2.48. The molecule has 4 aliphatic rings. The van der Waals surface area contributed by atoms with Gasteiger partial charge in [0.25, 0.3) is 0 Å². The first-order valence-corrected chi connectivity index (χ1v) is 22.7. The molecule has 0 atom stereocenters. The summed E-state index contributed by atoms with van der Waals surface area (Å²) in [4.78, 5) is 0. The van der Waals surface area contributed by atoms with Crippen LogP contribution in [0.15, 0.2) is 115 Å². The van der Waals surface area contributed by atoms with Gasteiger partial charge in [0.1, 0.15) is 0 Å². The molecule has 0 nitrogen and oxygen atoms in total. The predicted molar refractivity (Wildman–Crippen MR) is 188 cm³/mol. The van der Waals surface area contributed by atoms with Crippen LogP contribution < -0.4 is 45.6 Å². The van der Waals surface area contributed by atoms with E-state index in [0.717, 1.165) is 12.8 Å². The van der Waals surface area contributed by atoms with Crippen molar-refractivity contribution in [3.05, 3.63) is 154 Å². The third-order valence-corrected chi connectivity index (χ3v) is 17.3. The van der Waals surface area contributed by atoms with Crippen molar-refractivity contribution in [1.82, 2.24) is 0 Å². The normalized spacial score (nSPS) is 16.7. The zero-order valence-corrected chi connectivity index (χ0v) is 33.8. The molecule has 0 aliphatic heterocycles. The summed E-state index contributed by atoms with van der Waals surface area (Å²) < 4.78 is 0. The summed E-state index contributed by atoms with van der Waals surface area (Å²) in [7, 11) is 0. The second kappa shape index (κ2) is 14.7. The predicted octanol–water partition coefficient (Wildman–Crippen LogP) is 1.60. The molecule has 0 radical (unpaired) electrons. The number of rotatable bonds is 2. The first-order chi connectivity index (χ1) is 21.1. The van der Waals surface area contributed by atoms with E-state index in [-0.39, 0.29) is 35.6 Å². The first kappa shape index (κ1) is 36.3. The fraction of sp³-hybridized carbons (Fsp3) is 0.238. The third-order valence-electron chi connectivity index (χ3n) is 9.26. The second-order valence-corrected chi connectivity index (χ2v) is 21.0. The van der Waals surface area contributed by atoms with Crippen LogP contribution >= 0.6 is 0 Å². The molecule has 234 valence electrons. The molecule has 0 N–H and O–H groups in total. The van der Waals surface area contributed by atoms with Crippen LogP contribution in [-0.2, 0) is 34.8 Å². The van der Waals surface area contributed by atoms with Crippen LogP contribution in [0, 0.1) is 11.8 Å². The number of hydrogen-bond donors (Lipinski definition) is 0. The summed E-state index contributed by atoms with van der Waals surface area (Å²) in [5.74, 6) is 0. The maximum atomic E-state index is 2.48. The Morgan fingerprint density at radius 1 is 0.761 bits per heavy atom. The van der Waals surface area contributed by atoms with Gasteiger partial charge in [0.05, 0.1) is 0 Å². The molecule has 0 aromatic heterocycles. The third kappa shape index (κ3) is 7.16. The fourth-order valence-electron chi connectivity index (χ4n) is 7.36. The average molecular weight is 824 g/mol. The van der Waals surface area contributed by atoms with Crippen LogP contribution in [0.1, 0.15) is 70.2 Å². The van der Waals surface area contributed by atoms with Gasteiger partial charge >= 0.3 is 99.5 Å². The number of benzene rings is 3. The molecule has 0 unspecified atom stereocenters. The van der Waals surface area contributed by atoms with Gasteiger partial charge in [-0.25, -0.2) is 24.1 Å². The summed E-state index contributed by atoms with van der Waals surface area (Å²) >= 11 is 1.27. The largest absolute Gasteiger partial charge is 0.214 e. The number of hydrogen-bond acceptors (Lipinski definition) is 0. The minimum atomic E-state index is -0.406. The van der Waals surface area contributed by atoms with Gasteiger partial charge in [-0.3, -0.25) is 0 Å². The Bertz CT molecular complexity index is 1880. The summed E-state index contributed by atoms with van der Waals surface area (Å²) in [6.07, 6.45) is 14.3. The van der Waals surface area contributed by atoms with Crippen LogP contribution in [0.25, 0.3) is 22.8 Å². The van der Waals surface area contributed by atoms with Crippen LogP contribution in [0.3, 0.4) is 0 Å². The van der Waals surface area contributed by atoms with Crippen molar-refractivity contribution in [2.75, 3.05) is 0 Å². The van der Waals surface area contributed by atoms with E-state index in [1.54, 1.807) is 27.8 Å². The van der Waals surface area contributed by atoms with Gasteiger partial charge in [0.15, 0.2) is 0 Å². The maximum Gasteiger partial charge on any atom is -0.172 e. The number of fused-ring (bicyclic) bond motifs is 7. The van der Waals surface area contributed by atoms with E-state index >= 15 is 0 Å². The minimum Gasteiger partial charge on any atom is -0.214 e. The van der Waals surface area contributed by atoms with E-state index in [2.05, 4.69) is 133 Å². The van der Waals surface area contributed by atoms with E-state index in [0.29, 0.717) is 0 Å². The molecular formula is C42H42Cl2HfSi-2. The minimum absolute atomic E-state index is 0. The van der Waals surface area contributed by atoms with Crippen molar-refractivity contribution >= 4 is 38.7 Å². The Morgan fingerprint density at radius 3 is 1.89 bits per heavy atom. The Morgan fingerprint density at radius 2 is 1.35 bits per heavy atom. The molecule has 0 spiro atoms. The molecule has 0 bridgehead atoms. The average Bonchev–Trinajstić information content (AvgIpc) is 3.81. The quantitative estimate of drug-likeness (QED) is 0.213. The van der Waals surface area contributed by atoms with Gasteiger partial charge in [-0.2, -0.15) is 23.4 Å². The molecule has 0 saturated carbocycles. The number of halogens is 2. The molecule has 4 aliphatic carbocycles. The van der Waals surface area contributed by atoms with E-state index in [9.17, 15) is 0 Å². The fourth-order valence-corrected chi connectivity index (χ4v) is 12.3. The van der Waals surface area contributed by atoms with Crippen molar-refractivity contribution in [2.24, 2.45) is 5.41 Å². The van der Waals surface area contributed by atoms with Gasteiger partial charge in [0.2, 0.25) is 0 Å².